The van der Waals surface area contributed by atoms with Crippen LogP contribution in [0.1, 0.15) is 0 Å². The molecule has 0 aliphatic rings. The van der Waals surface area contributed by atoms with Crippen molar-refractivity contribution in [1.29, 1.82) is 0 Å². The predicted molar refractivity (Wildman–Crippen MR) is 107 cm³/mol. The van der Waals surface area contributed by atoms with Crippen molar-refractivity contribution in [3.63, 3.8) is 0 Å². The highest BCUT2D eigenvalue weighted by Gasteiger charge is 2.17. The van der Waals surface area contributed by atoms with Gasteiger partial charge in [-0.1, -0.05) is 17.7 Å². The lowest BCUT2D eigenvalue weighted by atomic mass is 10.3. The number of thiazole rings is 1. The van der Waals surface area contributed by atoms with Gasteiger partial charge in [-0.25, -0.2) is 19.9 Å². The average Bonchev–Trinajstić information content (AvgIpc) is 3.16. The van der Waals surface area contributed by atoms with Gasteiger partial charge in [-0.3, -0.25) is 0 Å². The van der Waals surface area contributed by atoms with Crippen LogP contribution in [0.2, 0.25) is 5.02 Å². The summed E-state index contributed by atoms with van der Waals surface area (Å²) < 4.78 is 3.94. The summed E-state index contributed by atoms with van der Waals surface area (Å²) in [7, 11) is 0. The highest BCUT2D eigenvalue weighted by atomic mass is 35.5. The lowest BCUT2D eigenvalue weighted by molar-refractivity contribution is 0.703. The van der Waals surface area contributed by atoms with E-state index in [9.17, 15) is 0 Å². The van der Waals surface area contributed by atoms with Crippen LogP contribution in [-0.2, 0) is 6.54 Å². The van der Waals surface area contributed by atoms with Crippen LogP contribution in [0.25, 0.3) is 21.4 Å². The van der Waals surface area contributed by atoms with Crippen LogP contribution in [0.15, 0.2) is 34.0 Å². The summed E-state index contributed by atoms with van der Waals surface area (Å²) in [6, 6.07) is 5.74. The van der Waals surface area contributed by atoms with Crippen molar-refractivity contribution < 1.29 is 0 Å². The molecule has 4 aromatic rings. The van der Waals surface area contributed by atoms with Crippen LogP contribution in [0.5, 0.6) is 0 Å². The fraction of sp³-hybridized carbons (Fsp3) is 0.200. The summed E-state index contributed by atoms with van der Waals surface area (Å²) in [6.07, 6.45) is 3.55. The Labute approximate surface area is 161 Å². The topological polar surface area (TPSA) is 82.5 Å². The molecule has 0 spiro atoms. The first-order chi connectivity index (χ1) is 12.2. The van der Waals surface area contributed by atoms with Gasteiger partial charge in [0.05, 0.1) is 15.2 Å². The monoisotopic (exact) mass is 408 g/mol. The van der Waals surface area contributed by atoms with E-state index in [4.69, 9.17) is 17.3 Å². The van der Waals surface area contributed by atoms with E-state index in [1.54, 1.807) is 23.1 Å². The Morgan fingerprint density at radius 2 is 2.16 bits per heavy atom. The van der Waals surface area contributed by atoms with Gasteiger partial charge >= 0.3 is 0 Å². The van der Waals surface area contributed by atoms with E-state index in [1.165, 1.54) is 18.1 Å². The zero-order valence-corrected chi connectivity index (χ0v) is 16.3. The number of benzene rings is 1. The van der Waals surface area contributed by atoms with Gasteiger partial charge in [0.2, 0.25) is 0 Å². The average molecular weight is 409 g/mol. The number of nitrogen functional groups attached to an aromatic ring is 1. The Morgan fingerprint density at radius 3 is 2.96 bits per heavy atom. The van der Waals surface area contributed by atoms with Crippen molar-refractivity contribution >= 4 is 73.7 Å². The van der Waals surface area contributed by atoms with Gasteiger partial charge < -0.3 is 10.3 Å². The summed E-state index contributed by atoms with van der Waals surface area (Å²) in [4.78, 5) is 17.7. The van der Waals surface area contributed by atoms with Crippen molar-refractivity contribution in [1.82, 2.24) is 24.5 Å². The fourth-order valence-electron chi connectivity index (χ4n) is 2.41. The molecule has 128 valence electrons. The first kappa shape index (κ1) is 16.9. The number of imidazole rings is 1. The first-order valence-electron chi connectivity index (χ1n) is 7.36. The molecule has 2 N–H and O–H groups in total. The molecule has 0 saturated heterocycles. The molecule has 0 unspecified atom stereocenters. The zero-order chi connectivity index (χ0) is 17.4. The summed E-state index contributed by atoms with van der Waals surface area (Å²) in [6.45, 7) is 0.794. The standard InChI is InChI=1S/C15H13ClN6S3/c1-23-6-5-22-13-10(12(17)18-7-19-13)21-14(22)25-15-20-9-4-2-3-8(16)11(9)24-15/h2-4,7H,5-6H2,1H3,(H2,17,18,19). The lowest BCUT2D eigenvalue weighted by Gasteiger charge is -2.05. The van der Waals surface area contributed by atoms with Gasteiger partial charge in [0.25, 0.3) is 0 Å². The number of aryl methyl sites for hydroxylation is 1. The summed E-state index contributed by atoms with van der Waals surface area (Å²) >= 11 is 11.1. The van der Waals surface area contributed by atoms with E-state index in [-0.39, 0.29) is 0 Å². The number of rotatable bonds is 5. The minimum Gasteiger partial charge on any atom is -0.382 e. The van der Waals surface area contributed by atoms with Crippen LogP contribution >= 0.6 is 46.5 Å². The molecule has 0 fully saturated rings. The minimum absolute atomic E-state index is 0.391. The largest absolute Gasteiger partial charge is 0.382 e. The summed E-state index contributed by atoms with van der Waals surface area (Å²) in [5, 5.41) is 1.53. The molecule has 0 radical (unpaired) electrons. The van der Waals surface area contributed by atoms with E-state index in [0.717, 1.165) is 37.7 Å². The second kappa shape index (κ2) is 6.99. The molecule has 3 aromatic heterocycles. The number of nitrogens with zero attached hydrogens (tertiary/aromatic N) is 5. The number of aromatic nitrogens is 5. The molecule has 25 heavy (non-hydrogen) atoms. The highest BCUT2D eigenvalue weighted by Crippen LogP contribution is 2.38. The quantitative estimate of drug-likeness (QED) is 0.530. The number of hydrogen-bond donors (Lipinski definition) is 1. The second-order valence-electron chi connectivity index (χ2n) is 5.14. The molecular weight excluding hydrogens is 396 g/mol. The Hall–Kier alpha value is -1.55. The van der Waals surface area contributed by atoms with Crippen LogP contribution in [0.4, 0.5) is 5.82 Å². The Morgan fingerprint density at radius 1 is 1.28 bits per heavy atom. The number of anilines is 1. The maximum atomic E-state index is 6.26. The molecule has 0 saturated carbocycles. The van der Waals surface area contributed by atoms with Crippen LogP contribution in [0, 0.1) is 0 Å². The molecule has 6 nitrogen and oxygen atoms in total. The molecule has 4 rings (SSSR count). The minimum atomic E-state index is 0.391. The molecule has 0 atom stereocenters. The lowest BCUT2D eigenvalue weighted by Crippen LogP contribution is -2.03. The molecule has 1 aromatic carbocycles. The van der Waals surface area contributed by atoms with Crippen molar-refractivity contribution in [2.45, 2.75) is 16.0 Å². The fourth-order valence-corrected chi connectivity index (χ4v) is 5.13. The second-order valence-corrected chi connectivity index (χ2v) is 8.75. The van der Waals surface area contributed by atoms with Gasteiger partial charge in [-0.2, -0.15) is 11.8 Å². The van der Waals surface area contributed by atoms with Gasteiger partial charge in [0, 0.05) is 12.3 Å². The van der Waals surface area contributed by atoms with Gasteiger partial charge in [0.1, 0.15) is 6.33 Å². The van der Waals surface area contributed by atoms with E-state index >= 15 is 0 Å². The van der Waals surface area contributed by atoms with Crippen LogP contribution in [-0.4, -0.2) is 36.5 Å². The van der Waals surface area contributed by atoms with E-state index in [0.29, 0.717) is 16.4 Å². The van der Waals surface area contributed by atoms with E-state index in [2.05, 4.69) is 30.8 Å². The summed E-state index contributed by atoms with van der Waals surface area (Å²) in [5.74, 6) is 1.34. The van der Waals surface area contributed by atoms with Crippen LogP contribution in [0.3, 0.4) is 0 Å². The maximum Gasteiger partial charge on any atom is 0.177 e. The third kappa shape index (κ3) is 3.17. The zero-order valence-electron chi connectivity index (χ0n) is 13.1. The number of nitrogens with two attached hydrogens (primary N) is 1. The molecular formula is C15H13ClN6S3. The van der Waals surface area contributed by atoms with Crippen molar-refractivity contribution in [3.05, 3.63) is 29.5 Å². The third-order valence-corrected chi connectivity index (χ3v) is 6.75. The Balaban J connectivity index is 1.79. The molecule has 0 bridgehead atoms. The van der Waals surface area contributed by atoms with Crippen molar-refractivity contribution in [2.75, 3.05) is 17.7 Å². The summed E-state index contributed by atoms with van der Waals surface area (Å²) in [5.41, 5.74) is 8.25. The molecule has 0 aliphatic heterocycles. The maximum absolute atomic E-state index is 6.26. The van der Waals surface area contributed by atoms with Crippen molar-refractivity contribution in [3.8, 4) is 0 Å². The third-order valence-electron chi connectivity index (χ3n) is 3.57. The predicted octanol–water partition coefficient (Wildman–Crippen LogP) is 4.19. The molecule has 0 amide bonds. The molecule has 3 heterocycles. The van der Waals surface area contributed by atoms with E-state index in [1.807, 2.05) is 18.2 Å². The first-order valence-corrected chi connectivity index (χ1v) is 10.8. The SMILES string of the molecule is CSCCn1c(Sc2nc3cccc(Cl)c3s2)nc2c(N)ncnc21. The smallest absolute Gasteiger partial charge is 0.177 e. The van der Waals surface area contributed by atoms with Gasteiger partial charge in [-0.05, 0) is 30.2 Å². The number of halogens is 1. The number of fused-ring (bicyclic) bond motifs is 2. The molecule has 10 heteroatoms. The van der Waals surface area contributed by atoms with Gasteiger partial charge in [-0.15, -0.1) is 11.3 Å². The molecule has 0 aliphatic carbocycles. The van der Waals surface area contributed by atoms with Crippen molar-refractivity contribution in [2.24, 2.45) is 0 Å². The van der Waals surface area contributed by atoms with Gasteiger partial charge in [0.15, 0.2) is 26.5 Å². The highest BCUT2D eigenvalue weighted by molar-refractivity contribution is 8.01. The number of hydrogen-bond acceptors (Lipinski definition) is 8. The Bertz CT molecular complexity index is 1060. The van der Waals surface area contributed by atoms with E-state index < -0.39 is 0 Å². The van der Waals surface area contributed by atoms with Crippen LogP contribution < -0.4 is 5.73 Å². The normalized spacial score (nSPS) is 11.6. The Kier molecular flexibility index (Phi) is 4.72. The number of thioether (sulfide) groups is 1.